The Morgan fingerprint density at radius 1 is 1.41 bits per heavy atom. The van der Waals surface area contributed by atoms with Gasteiger partial charge in [0, 0.05) is 12.1 Å². The molecule has 1 rings (SSSR count). The van der Waals surface area contributed by atoms with Crippen LogP contribution in [0.4, 0.5) is 0 Å². The molecule has 6 heteroatoms. The number of nitrogens with two attached hydrogens (primary N) is 1. The van der Waals surface area contributed by atoms with E-state index in [1.54, 1.807) is 0 Å². The van der Waals surface area contributed by atoms with E-state index in [1.807, 2.05) is 20.8 Å². The van der Waals surface area contributed by atoms with Gasteiger partial charge in [-0.2, -0.15) is 0 Å². The minimum absolute atomic E-state index is 0. The van der Waals surface area contributed by atoms with E-state index in [2.05, 4.69) is 15.6 Å². The number of nitrogens with zero attached hydrogens (tertiary/aromatic N) is 1. The molecule has 17 heavy (non-hydrogen) atoms. The monoisotopic (exact) mass is 354 g/mol. The maximum absolute atomic E-state index is 11.3. The van der Waals surface area contributed by atoms with Crippen molar-refractivity contribution < 1.29 is 4.79 Å². The molecule has 1 fully saturated rings. The summed E-state index contributed by atoms with van der Waals surface area (Å²) in [5.74, 6) is 0.942. The van der Waals surface area contributed by atoms with Gasteiger partial charge in [-0.1, -0.05) is 0 Å². The van der Waals surface area contributed by atoms with E-state index in [4.69, 9.17) is 5.73 Å². The molecular formula is C11H23IN4O. The quantitative estimate of drug-likeness (QED) is 0.398. The molecule has 1 saturated carbocycles. The second-order valence-corrected chi connectivity index (χ2v) is 5.32. The smallest absolute Gasteiger partial charge is 0.241 e. The van der Waals surface area contributed by atoms with Gasteiger partial charge in [-0.25, -0.2) is 4.99 Å². The van der Waals surface area contributed by atoms with Crippen LogP contribution in [0.15, 0.2) is 4.99 Å². The van der Waals surface area contributed by atoms with Gasteiger partial charge >= 0.3 is 0 Å². The number of carbonyl (C=O) groups is 1. The van der Waals surface area contributed by atoms with E-state index in [-0.39, 0.29) is 42.0 Å². The molecule has 0 aromatic heterocycles. The first-order valence-corrected chi connectivity index (χ1v) is 5.71. The molecule has 0 aliphatic heterocycles. The Kier molecular flexibility index (Phi) is 6.81. The van der Waals surface area contributed by atoms with E-state index in [0.717, 1.165) is 6.54 Å². The van der Waals surface area contributed by atoms with Crippen molar-refractivity contribution in [3.05, 3.63) is 0 Å². The zero-order chi connectivity index (χ0) is 12.2. The van der Waals surface area contributed by atoms with Gasteiger partial charge < -0.3 is 16.4 Å². The van der Waals surface area contributed by atoms with Crippen LogP contribution in [0.1, 0.15) is 33.6 Å². The number of guanidine groups is 1. The zero-order valence-electron chi connectivity index (χ0n) is 10.7. The van der Waals surface area contributed by atoms with Gasteiger partial charge in [0.25, 0.3) is 0 Å². The van der Waals surface area contributed by atoms with E-state index in [9.17, 15) is 4.79 Å². The Labute approximate surface area is 120 Å². The lowest BCUT2D eigenvalue weighted by Gasteiger charge is -2.20. The largest absolute Gasteiger partial charge is 0.370 e. The number of hydrogen-bond donors (Lipinski definition) is 3. The summed E-state index contributed by atoms with van der Waals surface area (Å²) in [4.78, 5) is 15.3. The van der Waals surface area contributed by atoms with Crippen LogP contribution in [0.25, 0.3) is 0 Å². The van der Waals surface area contributed by atoms with Crippen LogP contribution in [-0.4, -0.2) is 30.5 Å². The van der Waals surface area contributed by atoms with Crippen molar-refractivity contribution in [3.8, 4) is 0 Å². The molecule has 100 valence electrons. The third-order valence-electron chi connectivity index (χ3n) is 2.18. The van der Waals surface area contributed by atoms with Crippen molar-refractivity contribution in [1.82, 2.24) is 10.6 Å². The Morgan fingerprint density at radius 2 is 2.00 bits per heavy atom. The second-order valence-electron chi connectivity index (χ2n) is 5.32. The van der Waals surface area contributed by atoms with E-state index < -0.39 is 0 Å². The van der Waals surface area contributed by atoms with Crippen molar-refractivity contribution in [2.45, 2.75) is 39.2 Å². The van der Waals surface area contributed by atoms with Gasteiger partial charge in [-0.3, -0.25) is 4.79 Å². The number of carbonyl (C=O) groups excluding carboxylic acids is 1. The van der Waals surface area contributed by atoms with Gasteiger partial charge in [0.15, 0.2) is 5.96 Å². The van der Waals surface area contributed by atoms with Crippen LogP contribution in [-0.2, 0) is 4.79 Å². The summed E-state index contributed by atoms with van der Waals surface area (Å²) < 4.78 is 0. The first-order valence-electron chi connectivity index (χ1n) is 5.71. The third-order valence-corrected chi connectivity index (χ3v) is 2.18. The molecule has 0 spiro atoms. The maximum atomic E-state index is 11.3. The van der Waals surface area contributed by atoms with E-state index in [1.165, 1.54) is 12.8 Å². The van der Waals surface area contributed by atoms with Crippen LogP contribution < -0.4 is 16.4 Å². The predicted octanol–water partition coefficient (Wildman–Crippen LogP) is 0.833. The molecule has 4 N–H and O–H groups in total. The topological polar surface area (TPSA) is 79.5 Å². The fraction of sp³-hybridized carbons (Fsp3) is 0.818. The Hall–Kier alpha value is -0.530. The molecule has 1 amide bonds. The first-order chi connectivity index (χ1) is 7.37. The highest BCUT2D eigenvalue weighted by molar-refractivity contribution is 14.0. The fourth-order valence-corrected chi connectivity index (χ4v) is 1.22. The van der Waals surface area contributed by atoms with Crippen molar-refractivity contribution in [1.29, 1.82) is 0 Å². The number of nitrogens with one attached hydrogen (secondary N) is 2. The highest BCUT2D eigenvalue weighted by atomic mass is 127. The minimum atomic E-state index is -0.127. The van der Waals surface area contributed by atoms with E-state index >= 15 is 0 Å². The van der Waals surface area contributed by atoms with Gasteiger partial charge in [0.1, 0.15) is 6.54 Å². The standard InChI is InChI=1S/C11H22N4O.HI/c1-11(2,3)15-10(12)14-7-9(16)13-6-8-4-5-8;/h8H,4-7H2,1-3H3,(H,13,16)(H3,12,14,15);1H. The summed E-state index contributed by atoms with van der Waals surface area (Å²) in [5.41, 5.74) is 5.51. The molecular weight excluding hydrogens is 331 g/mol. The SMILES string of the molecule is CC(C)(C)NC(N)=NCC(=O)NCC1CC1.I. The van der Waals surface area contributed by atoms with Crippen LogP contribution >= 0.6 is 24.0 Å². The van der Waals surface area contributed by atoms with Gasteiger partial charge in [0.05, 0.1) is 0 Å². The average Bonchev–Trinajstić information content (AvgIpc) is 2.92. The molecule has 1 aliphatic carbocycles. The normalized spacial score (nSPS) is 16.1. The average molecular weight is 354 g/mol. The van der Waals surface area contributed by atoms with Crippen LogP contribution in [0.3, 0.4) is 0 Å². The molecule has 0 radical (unpaired) electrons. The Balaban J connectivity index is 0.00000256. The highest BCUT2D eigenvalue weighted by Gasteiger charge is 2.21. The maximum Gasteiger partial charge on any atom is 0.241 e. The van der Waals surface area contributed by atoms with Crippen molar-refractivity contribution in [3.63, 3.8) is 0 Å². The van der Waals surface area contributed by atoms with Crippen LogP contribution in [0.2, 0.25) is 0 Å². The first kappa shape index (κ1) is 16.5. The summed E-state index contributed by atoms with van der Waals surface area (Å²) in [7, 11) is 0. The van der Waals surface area contributed by atoms with Gasteiger partial charge in [-0.15, -0.1) is 24.0 Å². The summed E-state index contributed by atoms with van der Waals surface area (Å²) >= 11 is 0. The summed E-state index contributed by atoms with van der Waals surface area (Å²) in [6.07, 6.45) is 2.47. The van der Waals surface area contributed by atoms with Crippen molar-refractivity contribution >= 4 is 35.8 Å². The molecule has 0 unspecified atom stereocenters. The predicted molar refractivity (Wildman–Crippen MR) is 80.5 cm³/mol. The zero-order valence-corrected chi connectivity index (χ0v) is 13.1. The van der Waals surface area contributed by atoms with E-state index in [0.29, 0.717) is 11.9 Å². The van der Waals surface area contributed by atoms with Crippen LogP contribution in [0, 0.1) is 5.92 Å². The van der Waals surface area contributed by atoms with Gasteiger partial charge in [-0.05, 0) is 39.5 Å². The Morgan fingerprint density at radius 3 is 2.47 bits per heavy atom. The lowest BCUT2D eigenvalue weighted by molar-refractivity contribution is -0.119. The molecule has 0 aromatic carbocycles. The minimum Gasteiger partial charge on any atom is -0.370 e. The summed E-state index contributed by atoms with van der Waals surface area (Å²) in [6, 6.07) is 0. The lowest BCUT2D eigenvalue weighted by Crippen LogP contribution is -2.45. The van der Waals surface area contributed by atoms with Gasteiger partial charge in [0.2, 0.25) is 5.91 Å². The number of halogens is 1. The number of hydrogen-bond acceptors (Lipinski definition) is 2. The Bertz CT molecular complexity index is 282. The molecule has 5 nitrogen and oxygen atoms in total. The third kappa shape index (κ3) is 9.20. The van der Waals surface area contributed by atoms with Crippen LogP contribution in [0.5, 0.6) is 0 Å². The molecule has 0 heterocycles. The number of rotatable bonds is 4. The molecule has 1 aliphatic rings. The lowest BCUT2D eigenvalue weighted by atomic mass is 10.1. The highest BCUT2D eigenvalue weighted by Crippen LogP contribution is 2.27. The molecule has 0 saturated heterocycles. The number of aliphatic imine (C=N–C) groups is 1. The summed E-state index contributed by atoms with van der Waals surface area (Å²) in [6.45, 7) is 6.84. The fourth-order valence-electron chi connectivity index (χ4n) is 1.22. The molecule has 0 aromatic rings. The summed E-state index contributed by atoms with van der Waals surface area (Å²) in [5, 5.41) is 5.83. The molecule has 0 atom stereocenters. The van der Waals surface area contributed by atoms with Crippen molar-refractivity contribution in [2.75, 3.05) is 13.1 Å². The van der Waals surface area contributed by atoms with Crippen molar-refractivity contribution in [2.24, 2.45) is 16.6 Å². The molecule has 0 bridgehead atoms. The number of amides is 1. The second kappa shape index (κ2) is 7.03.